The van der Waals surface area contributed by atoms with E-state index in [1.165, 1.54) is 5.56 Å². The topological polar surface area (TPSA) is 46.5 Å². The van der Waals surface area contributed by atoms with Crippen LogP contribution in [0.1, 0.15) is 31.7 Å². The average Bonchev–Trinajstić information content (AvgIpc) is 2.25. The molecular formula is C13H18O3. The summed E-state index contributed by atoms with van der Waals surface area (Å²) in [5, 5.41) is 8.47. The second-order valence-electron chi connectivity index (χ2n) is 3.74. The quantitative estimate of drug-likeness (QED) is 0.721. The van der Waals surface area contributed by atoms with Gasteiger partial charge in [0.15, 0.2) is 0 Å². The highest BCUT2D eigenvalue weighted by Crippen LogP contribution is 2.14. The Labute approximate surface area is 96.1 Å². The summed E-state index contributed by atoms with van der Waals surface area (Å²) in [6.45, 7) is 2.60. The van der Waals surface area contributed by atoms with Crippen LogP contribution in [0.15, 0.2) is 24.3 Å². The van der Waals surface area contributed by atoms with E-state index in [0.717, 1.165) is 18.6 Å². The van der Waals surface area contributed by atoms with Crippen molar-refractivity contribution >= 4 is 5.97 Å². The van der Waals surface area contributed by atoms with E-state index >= 15 is 0 Å². The molecule has 0 unspecified atom stereocenters. The molecule has 0 heterocycles. The summed E-state index contributed by atoms with van der Waals surface area (Å²) in [6, 6.07) is 7.97. The number of aryl methyl sites for hydroxylation is 1. The van der Waals surface area contributed by atoms with Crippen molar-refractivity contribution in [2.75, 3.05) is 6.61 Å². The lowest BCUT2D eigenvalue weighted by Crippen LogP contribution is -2.02. The van der Waals surface area contributed by atoms with E-state index in [9.17, 15) is 4.79 Å². The molecule has 0 radical (unpaired) electrons. The van der Waals surface area contributed by atoms with Crippen LogP contribution in [0.25, 0.3) is 0 Å². The van der Waals surface area contributed by atoms with E-state index in [1.54, 1.807) is 0 Å². The summed E-state index contributed by atoms with van der Waals surface area (Å²) >= 11 is 0. The van der Waals surface area contributed by atoms with Crippen LogP contribution in [-0.2, 0) is 11.2 Å². The maximum Gasteiger partial charge on any atom is 0.303 e. The van der Waals surface area contributed by atoms with Crippen LogP contribution in [0, 0.1) is 0 Å². The normalized spacial score (nSPS) is 10.1. The summed E-state index contributed by atoms with van der Waals surface area (Å²) in [7, 11) is 0. The van der Waals surface area contributed by atoms with Crippen molar-refractivity contribution in [3.63, 3.8) is 0 Å². The molecule has 1 aromatic rings. The average molecular weight is 222 g/mol. The lowest BCUT2D eigenvalue weighted by molar-refractivity contribution is -0.137. The Morgan fingerprint density at radius 1 is 1.44 bits per heavy atom. The van der Waals surface area contributed by atoms with Crippen molar-refractivity contribution < 1.29 is 14.6 Å². The number of benzene rings is 1. The Hall–Kier alpha value is -1.51. The first-order valence-electron chi connectivity index (χ1n) is 5.66. The molecular weight excluding hydrogens is 204 g/mol. The molecule has 0 bridgehead atoms. The zero-order valence-electron chi connectivity index (χ0n) is 9.61. The second kappa shape index (κ2) is 6.88. The Morgan fingerprint density at radius 3 is 2.94 bits per heavy atom. The van der Waals surface area contributed by atoms with Gasteiger partial charge in [0, 0.05) is 6.42 Å². The van der Waals surface area contributed by atoms with E-state index in [0.29, 0.717) is 13.0 Å². The number of hydrogen-bond donors (Lipinski definition) is 1. The molecule has 0 aromatic heterocycles. The molecule has 0 fully saturated rings. The Bertz CT molecular complexity index is 334. The highest BCUT2D eigenvalue weighted by Gasteiger charge is 1.99. The third-order valence-electron chi connectivity index (χ3n) is 2.24. The number of carboxylic acids is 1. The molecule has 0 atom stereocenters. The van der Waals surface area contributed by atoms with Gasteiger partial charge < -0.3 is 9.84 Å². The first kappa shape index (κ1) is 12.6. The molecule has 0 spiro atoms. The van der Waals surface area contributed by atoms with Crippen molar-refractivity contribution in [3.05, 3.63) is 29.8 Å². The number of rotatable bonds is 7. The zero-order chi connectivity index (χ0) is 11.8. The Balaban J connectivity index is 2.35. The first-order chi connectivity index (χ1) is 7.72. The summed E-state index contributed by atoms with van der Waals surface area (Å²) in [6.07, 6.45) is 2.87. The SMILES string of the molecule is CCCc1cccc(OCCCC(=O)O)c1. The van der Waals surface area contributed by atoms with Gasteiger partial charge in [0.05, 0.1) is 6.61 Å². The van der Waals surface area contributed by atoms with E-state index in [4.69, 9.17) is 9.84 Å². The van der Waals surface area contributed by atoms with Crippen LogP contribution in [0.4, 0.5) is 0 Å². The van der Waals surface area contributed by atoms with Crippen LogP contribution in [0.2, 0.25) is 0 Å². The standard InChI is InChI=1S/C13H18O3/c1-2-5-11-6-3-7-12(10-11)16-9-4-8-13(14)15/h3,6-7,10H,2,4-5,8-9H2,1H3,(H,14,15). The van der Waals surface area contributed by atoms with Gasteiger partial charge in [0.2, 0.25) is 0 Å². The molecule has 0 aliphatic heterocycles. The van der Waals surface area contributed by atoms with E-state index in [1.807, 2.05) is 18.2 Å². The van der Waals surface area contributed by atoms with Gasteiger partial charge in [-0.05, 0) is 30.5 Å². The van der Waals surface area contributed by atoms with Gasteiger partial charge in [-0.15, -0.1) is 0 Å². The largest absolute Gasteiger partial charge is 0.494 e. The maximum atomic E-state index is 10.3. The molecule has 1 rings (SSSR count). The van der Waals surface area contributed by atoms with Gasteiger partial charge >= 0.3 is 5.97 Å². The molecule has 88 valence electrons. The molecule has 0 amide bonds. The van der Waals surface area contributed by atoms with Crippen LogP contribution >= 0.6 is 0 Å². The molecule has 0 saturated heterocycles. The van der Waals surface area contributed by atoms with Crippen LogP contribution in [0.5, 0.6) is 5.75 Å². The molecule has 0 saturated carbocycles. The summed E-state index contributed by atoms with van der Waals surface area (Å²) in [4.78, 5) is 10.3. The highest BCUT2D eigenvalue weighted by atomic mass is 16.5. The van der Waals surface area contributed by atoms with E-state index in [-0.39, 0.29) is 6.42 Å². The Morgan fingerprint density at radius 2 is 2.25 bits per heavy atom. The molecule has 3 nitrogen and oxygen atoms in total. The van der Waals surface area contributed by atoms with Crippen molar-refractivity contribution in [2.24, 2.45) is 0 Å². The fourth-order valence-electron chi connectivity index (χ4n) is 1.49. The number of carbonyl (C=O) groups is 1. The van der Waals surface area contributed by atoms with Crippen molar-refractivity contribution in [2.45, 2.75) is 32.6 Å². The first-order valence-corrected chi connectivity index (χ1v) is 5.66. The third-order valence-corrected chi connectivity index (χ3v) is 2.24. The minimum atomic E-state index is -0.775. The molecule has 0 aliphatic carbocycles. The number of hydrogen-bond acceptors (Lipinski definition) is 2. The van der Waals surface area contributed by atoms with Gasteiger partial charge in [0.25, 0.3) is 0 Å². The van der Waals surface area contributed by atoms with Gasteiger partial charge in [-0.1, -0.05) is 25.5 Å². The summed E-state index contributed by atoms with van der Waals surface area (Å²) < 4.78 is 5.48. The predicted molar refractivity (Wildman–Crippen MR) is 62.8 cm³/mol. The summed E-state index contributed by atoms with van der Waals surface area (Å²) in [5.74, 6) is 0.0553. The third kappa shape index (κ3) is 4.82. The van der Waals surface area contributed by atoms with Crippen LogP contribution in [0.3, 0.4) is 0 Å². The zero-order valence-corrected chi connectivity index (χ0v) is 9.61. The summed E-state index contributed by atoms with van der Waals surface area (Å²) in [5.41, 5.74) is 1.26. The van der Waals surface area contributed by atoms with E-state index in [2.05, 4.69) is 13.0 Å². The smallest absolute Gasteiger partial charge is 0.303 e. The van der Waals surface area contributed by atoms with Crippen LogP contribution in [-0.4, -0.2) is 17.7 Å². The van der Waals surface area contributed by atoms with Crippen LogP contribution < -0.4 is 4.74 Å². The molecule has 0 aliphatic rings. The molecule has 3 heteroatoms. The van der Waals surface area contributed by atoms with Gasteiger partial charge in [-0.2, -0.15) is 0 Å². The van der Waals surface area contributed by atoms with Crippen molar-refractivity contribution in [1.29, 1.82) is 0 Å². The number of carboxylic acid groups (broad SMARTS) is 1. The maximum absolute atomic E-state index is 10.3. The fourth-order valence-corrected chi connectivity index (χ4v) is 1.49. The van der Waals surface area contributed by atoms with Crippen molar-refractivity contribution in [3.8, 4) is 5.75 Å². The predicted octanol–water partition coefficient (Wildman–Crippen LogP) is 2.88. The van der Waals surface area contributed by atoms with Crippen molar-refractivity contribution in [1.82, 2.24) is 0 Å². The van der Waals surface area contributed by atoms with Gasteiger partial charge in [-0.25, -0.2) is 0 Å². The second-order valence-corrected chi connectivity index (χ2v) is 3.74. The minimum absolute atomic E-state index is 0.161. The monoisotopic (exact) mass is 222 g/mol. The lowest BCUT2D eigenvalue weighted by atomic mass is 10.1. The molecule has 1 aromatic carbocycles. The highest BCUT2D eigenvalue weighted by molar-refractivity contribution is 5.66. The van der Waals surface area contributed by atoms with Gasteiger partial charge in [0.1, 0.15) is 5.75 Å². The fraction of sp³-hybridized carbons (Fsp3) is 0.462. The lowest BCUT2D eigenvalue weighted by Gasteiger charge is -2.06. The molecule has 16 heavy (non-hydrogen) atoms. The van der Waals surface area contributed by atoms with E-state index < -0.39 is 5.97 Å². The Kier molecular flexibility index (Phi) is 5.40. The minimum Gasteiger partial charge on any atom is -0.494 e. The van der Waals surface area contributed by atoms with Gasteiger partial charge in [-0.3, -0.25) is 4.79 Å². The number of aliphatic carboxylic acids is 1. The number of ether oxygens (including phenoxy) is 1. The molecule has 1 N–H and O–H groups in total.